The number of ether oxygens (including phenoxy) is 1. The molecular weight excluding hydrogens is 434 g/mol. The molecule has 0 radical (unpaired) electrons. The summed E-state index contributed by atoms with van der Waals surface area (Å²) in [6.45, 7) is 5.81. The van der Waals surface area contributed by atoms with Crippen LogP contribution >= 0.6 is 11.3 Å². The van der Waals surface area contributed by atoms with E-state index >= 15 is 0 Å². The van der Waals surface area contributed by atoms with E-state index in [1.54, 1.807) is 18.4 Å². The fourth-order valence-electron chi connectivity index (χ4n) is 4.36. The molecule has 1 aliphatic heterocycles. The van der Waals surface area contributed by atoms with Crippen molar-refractivity contribution in [2.75, 3.05) is 6.61 Å². The Morgan fingerprint density at radius 2 is 1.88 bits per heavy atom. The minimum Gasteiger partial charge on any atom is -0.463 e. The molecule has 2 aromatic heterocycles. The summed E-state index contributed by atoms with van der Waals surface area (Å²) in [5.74, 6) is -0.450. The Labute approximate surface area is 194 Å². The van der Waals surface area contributed by atoms with Crippen molar-refractivity contribution in [3.63, 3.8) is 0 Å². The Hall–Kier alpha value is -3.71. The Kier molecular flexibility index (Phi) is 5.34. The first-order valence-corrected chi connectivity index (χ1v) is 11.6. The molecule has 0 spiro atoms. The fourth-order valence-corrected chi connectivity index (χ4v) is 5.39. The standard InChI is InChI=1S/C26H23N3O3S/c1-4-32-25(31)22-16(3)28-26-29(23(22)17-10-6-5-7-11-17)24(30)21(33-26)14-19-15(2)27-20-13-9-8-12-18(19)20/h5-14,23,27H,4H2,1-3H3. The number of aromatic amines is 1. The molecule has 0 bridgehead atoms. The van der Waals surface area contributed by atoms with Gasteiger partial charge in [-0.15, -0.1) is 0 Å². The zero-order chi connectivity index (χ0) is 23.1. The van der Waals surface area contributed by atoms with Crippen LogP contribution in [0.4, 0.5) is 0 Å². The summed E-state index contributed by atoms with van der Waals surface area (Å²) in [6, 6.07) is 17.0. The highest BCUT2D eigenvalue weighted by Crippen LogP contribution is 2.30. The van der Waals surface area contributed by atoms with Crippen molar-refractivity contribution in [1.29, 1.82) is 0 Å². The van der Waals surface area contributed by atoms with Crippen LogP contribution in [0.25, 0.3) is 17.0 Å². The van der Waals surface area contributed by atoms with Gasteiger partial charge in [0.25, 0.3) is 5.56 Å². The van der Waals surface area contributed by atoms with E-state index in [1.807, 2.05) is 67.6 Å². The van der Waals surface area contributed by atoms with Crippen molar-refractivity contribution in [3.8, 4) is 0 Å². The van der Waals surface area contributed by atoms with Crippen molar-refractivity contribution in [2.45, 2.75) is 26.8 Å². The van der Waals surface area contributed by atoms with Gasteiger partial charge in [-0.3, -0.25) is 9.36 Å². The van der Waals surface area contributed by atoms with Gasteiger partial charge in [-0.2, -0.15) is 0 Å². The van der Waals surface area contributed by atoms with Crippen LogP contribution in [0.2, 0.25) is 0 Å². The van der Waals surface area contributed by atoms with Crippen molar-refractivity contribution in [3.05, 3.63) is 102 Å². The number of rotatable bonds is 4. The largest absolute Gasteiger partial charge is 0.463 e. The quantitative estimate of drug-likeness (QED) is 0.476. The number of esters is 1. The third-order valence-electron chi connectivity index (χ3n) is 5.85. The maximum Gasteiger partial charge on any atom is 0.338 e. The molecule has 1 aliphatic rings. The molecule has 0 fully saturated rings. The van der Waals surface area contributed by atoms with Crippen LogP contribution in [0.3, 0.4) is 0 Å². The summed E-state index contributed by atoms with van der Waals surface area (Å²) in [5, 5.41) is 1.06. The zero-order valence-electron chi connectivity index (χ0n) is 18.6. The number of thiazole rings is 1. The molecule has 1 unspecified atom stereocenters. The second-order valence-corrected chi connectivity index (χ2v) is 8.93. The van der Waals surface area contributed by atoms with Gasteiger partial charge in [0.05, 0.1) is 28.5 Å². The second kappa shape index (κ2) is 8.33. The number of carbonyl (C=O) groups is 1. The number of nitrogens with one attached hydrogen (secondary N) is 1. The topological polar surface area (TPSA) is 76.4 Å². The predicted octanol–water partition coefficient (Wildman–Crippen LogP) is 3.59. The summed E-state index contributed by atoms with van der Waals surface area (Å²) in [5.41, 5.74) is 4.62. The third kappa shape index (κ3) is 3.54. The highest BCUT2D eigenvalue weighted by Gasteiger charge is 2.33. The lowest BCUT2D eigenvalue weighted by atomic mass is 9.96. The molecule has 1 N–H and O–H groups in total. The number of benzene rings is 2. The average molecular weight is 458 g/mol. The Balaban J connectivity index is 1.76. The first-order chi connectivity index (χ1) is 16.0. The molecule has 33 heavy (non-hydrogen) atoms. The smallest absolute Gasteiger partial charge is 0.338 e. The number of aryl methyl sites for hydroxylation is 1. The van der Waals surface area contributed by atoms with Gasteiger partial charge < -0.3 is 9.72 Å². The van der Waals surface area contributed by atoms with Crippen LogP contribution in [0.1, 0.15) is 36.7 Å². The molecule has 2 aromatic carbocycles. The van der Waals surface area contributed by atoms with Crippen LogP contribution in [0, 0.1) is 6.92 Å². The lowest BCUT2D eigenvalue weighted by molar-refractivity contribution is -0.139. The van der Waals surface area contributed by atoms with Crippen molar-refractivity contribution < 1.29 is 9.53 Å². The number of fused-ring (bicyclic) bond motifs is 2. The lowest BCUT2D eigenvalue weighted by Crippen LogP contribution is -2.39. The minimum absolute atomic E-state index is 0.174. The van der Waals surface area contributed by atoms with Gasteiger partial charge >= 0.3 is 5.97 Å². The number of allylic oxidation sites excluding steroid dienone is 1. The number of hydrogen-bond acceptors (Lipinski definition) is 5. The van der Waals surface area contributed by atoms with Gasteiger partial charge in [0.15, 0.2) is 4.80 Å². The van der Waals surface area contributed by atoms with Crippen molar-refractivity contribution in [1.82, 2.24) is 9.55 Å². The highest BCUT2D eigenvalue weighted by molar-refractivity contribution is 7.07. The van der Waals surface area contributed by atoms with E-state index in [9.17, 15) is 9.59 Å². The SMILES string of the molecule is CCOC(=O)C1=C(C)N=c2sc(=Cc3c(C)[nH]c4ccccc34)c(=O)n2C1c1ccccc1. The minimum atomic E-state index is -0.590. The maximum atomic E-state index is 13.7. The van der Waals surface area contributed by atoms with Gasteiger partial charge in [0.2, 0.25) is 0 Å². The van der Waals surface area contributed by atoms with E-state index in [2.05, 4.69) is 9.98 Å². The average Bonchev–Trinajstić information content (AvgIpc) is 3.29. The number of carbonyl (C=O) groups excluding carboxylic acids is 1. The summed E-state index contributed by atoms with van der Waals surface area (Å²) in [6.07, 6.45) is 1.92. The summed E-state index contributed by atoms with van der Waals surface area (Å²) in [7, 11) is 0. The monoisotopic (exact) mass is 457 g/mol. The van der Waals surface area contributed by atoms with Gasteiger partial charge in [0.1, 0.15) is 0 Å². The van der Waals surface area contributed by atoms with Crippen molar-refractivity contribution in [2.24, 2.45) is 4.99 Å². The van der Waals surface area contributed by atoms with Crippen LogP contribution < -0.4 is 14.9 Å². The van der Waals surface area contributed by atoms with E-state index < -0.39 is 12.0 Å². The van der Waals surface area contributed by atoms with E-state index in [0.717, 1.165) is 27.7 Å². The third-order valence-corrected chi connectivity index (χ3v) is 6.83. The summed E-state index contributed by atoms with van der Waals surface area (Å²) < 4.78 is 7.52. The van der Waals surface area contributed by atoms with E-state index in [4.69, 9.17) is 4.74 Å². The van der Waals surface area contributed by atoms with Gasteiger partial charge in [-0.1, -0.05) is 59.9 Å². The second-order valence-electron chi connectivity index (χ2n) is 7.92. The normalized spacial score (nSPS) is 16.1. The molecule has 5 rings (SSSR count). The van der Waals surface area contributed by atoms with Crippen LogP contribution in [0.5, 0.6) is 0 Å². The Bertz CT molecular complexity index is 1590. The molecule has 7 heteroatoms. The summed E-state index contributed by atoms with van der Waals surface area (Å²) >= 11 is 1.33. The molecule has 0 saturated heterocycles. The molecule has 4 aromatic rings. The highest BCUT2D eigenvalue weighted by atomic mass is 32.1. The fraction of sp³-hybridized carbons (Fsp3) is 0.192. The molecule has 6 nitrogen and oxygen atoms in total. The molecule has 1 atom stereocenters. The van der Waals surface area contributed by atoms with Crippen LogP contribution in [-0.4, -0.2) is 22.1 Å². The summed E-state index contributed by atoms with van der Waals surface area (Å²) in [4.78, 5) is 35.2. The molecule has 0 aliphatic carbocycles. The Morgan fingerprint density at radius 3 is 2.64 bits per heavy atom. The number of hydrogen-bond donors (Lipinski definition) is 1. The predicted molar refractivity (Wildman–Crippen MR) is 130 cm³/mol. The molecule has 0 amide bonds. The number of nitrogens with zero attached hydrogens (tertiary/aromatic N) is 2. The molecule has 3 heterocycles. The van der Waals surface area contributed by atoms with Gasteiger partial charge in [-0.05, 0) is 38.5 Å². The number of aromatic nitrogens is 2. The first-order valence-electron chi connectivity index (χ1n) is 10.8. The van der Waals surface area contributed by atoms with Gasteiger partial charge in [0, 0.05) is 22.2 Å². The van der Waals surface area contributed by atoms with E-state index in [-0.39, 0.29) is 12.2 Å². The van der Waals surface area contributed by atoms with Crippen LogP contribution in [0.15, 0.2) is 75.7 Å². The molecule has 166 valence electrons. The number of para-hydroxylation sites is 1. The lowest BCUT2D eigenvalue weighted by Gasteiger charge is -2.24. The van der Waals surface area contributed by atoms with E-state index in [0.29, 0.717) is 20.6 Å². The maximum absolute atomic E-state index is 13.7. The van der Waals surface area contributed by atoms with E-state index in [1.165, 1.54) is 11.3 Å². The van der Waals surface area contributed by atoms with Crippen molar-refractivity contribution >= 4 is 34.3 Å². The Morgan fingerprint density at radius 1 is 1.15 bits per heavy atom. The van der Waals surface area contributed by atoms with Gasteiger partial charge in [-0.25, -0.2) is 9.79 Å². The first kappa shape index (κ1) is 21.2. The number of H-pyrrole nitrogens is 1. The zero-order valence-corrected chi connectivity index (χ0v) is 19.4. The molecule has 0 saturated carbocycles. The molecular formula is C26H23N3O3S. The van der Waals surface area contributed by atoms with Crippen LogP contribution in [-0.2, 0) is 9.53 Å².